The molecule has 0 N–H and O–H groups in total. The quantitative estimate of drug-likeness (QED) is 0.446. The van der Waals surface area contributed by atoms with Crippen molar-refractivity contribution in [1.82, 2.24) is 0 Å². The second-order valence-electron chi connectivity index (χ2n) is 7.52. The van der Waals surface area contributed by atoms with E-state index in [9.17, 15) is 14.9 Å². The van der Waals surface area contributed by atoms with Crippen LogP contribution in [0.25, 0.3) is 6.08 Å². The first-order chi connectivity index (χ1) is 13.2. The largest absolute Gasteiger partial charge is 0.465 e. The zero-order valence-corrected chi connectivity index (χ0v) is 16.1. The topological polar surface area (TPSA) is 81.9 Å². The highest BCUT2D eigenvalue weighted by Gasteiger charge is 2.57. The maximum Gasteiger partial charge on any atom is 0.337 e. The molecule has 0 radical (unpaired) electrons. The standard InChI is InChI=1S/C21H20N2O5/c1-20(2)16-12-14(19(24)27-4)5-7-17(16)22(3)21(20)10-9-13-11-15(23(25)26)6-8-18(13)28-21/h5-12H,1-4H3/t21-/m0/s1. The summed E-state index contributed by atoms with van der Waals surface area (Å²) < 4.78 is 11.3. The molecule has 2 aliphatic heterocycles. The summed E-state index contributed by atoms with van der Waals surface area (Å²) in [7, 11) is 3.30. The van der Waals surface area contributed by atoms with Crippen LogP contribution >= 0.6 is 0 Å². The lowest BCUT2D eigenvalue weighted by Crippen LogP contribution is -2.58. The molecular weight excluding hydrogens is 360 g/mol. The highest BCUT2D eigenvalue weighted by molar-refractivity contribution is 5.91. The first kappa shape index (κ1) is 18.0. The van der Waals surface area contributed by atoms with Crippen molar-refractivity contribution in [3.05, 3.63) is 69.3 Å². The molecule has 4 rings (SSSR count). The summed E-state index contributed by atoms with van der Waals surface area (Å²) >= 11 is 0. The second kappa shape index (κ2) is 5.82. The van der Waals surface area contributed by atoms with E-state index in [1.807, 2.05) is 36.2 Å². The van der Waals surface area contributed by atoms with Gasteiger partial charge in [0.05, 0.1) is 23.0 Å². The van der Waals surface area contributed by atoms with Gasteiger partial charge < -0.3 is 14.4 Å². The summed E-state index contributed by atoms with van der Waals surface area (Å²) in [6.45, 7) is 4.11. The normalized spacial score (nSPS) is 21.1. The van der Waals surface area contributed by atoms with Gasteiger partial charge in [-0.2, -0.15) is 0 Å². The third-order valence-corrected chi connectivity index (χ3v) is 5.80. The van der Waals surface area contributed by atoms with Crippen molar-refractivity contribution in [2.45, 2.75) is 25.0 Å². The third kappa shape index (κ3) is 2.25. The van der Waals surface area contributed by atoms with Crippen LogP contribution in [0.15, 0.2) is 42.5 Å². The summed E-state index contributed by atoms with van der Waals surface area (Å²) in [5.74, 6) is 0.189. The number of hydrogen-bond acceptors (Lipinski definition) is 6. The highest BCUT2D eigenvalue weighted by atomic mass is 16.6. The Labute approximate surface area is 162 Å². The SMILES string of the molecule is COC(=O)c1ccc2c(c1)C(C)(C)[C@@]1(C=Cc3cc([N+](=O)[O-])ccc3O1)N2C. The molecule has 0 bridgehead atoms. The van der Waals surface area contributed by atoms with Gasteiger partial charge in [0, 0.05) is 30.4 Å². The Balaban J connectivity index is 1.81. The van der Waals surface area contributed by atoms with Gasteiger partial charge in [-0.25, -0.2) is 4.79 Å². The summed E-state index contributed by atoms with van der Waals surface area (Å²) in [4.78, 5) is 24.6. The van der Waals surface area contributed by atoms with Crippen molar-refractivity contribution < 1.29 is 19.2 Å². The number of esters is 1. The van der Waals surface area contributed by atoms with Gasteiger partial charge in [0.15, 0.2) is 0 Å². The van der Waals surface area contributed by atoms with E-state index in [4.69, 9.17) is 9.47 Å². The molecule has 7 nitrogen and oxygen atoms in total. The van der Waals surface area contributed by atoms with Crippen LogP contribution in [0, 0.1) is 10.1 Å². The van der Waals surface area contributed by atoms with Crippen LogP contribution in [-0.4, -0.2) is 30.8 Å². The second-order valence-corrected chi connectivity index (χ2v) is 7.52. The fourth-order valence-corrected chi connectivity index (χ4v) is 4.16. The number of fused-ring (bicyclic) bond motifs is 2. The Morgan fingerprint density at radius 1 is 1.21 bits per heavy atom. The molecule has 0 fully saturated rings. The summed E-state index contributed by atoms with van der Waals surface area (Å²) in [5, 5.41) is 11.0. The number of ether oxygens (including phenoxy) is 2. The third-order valence-electron chi connectivity index (χ3n) is 5.80. The molecule has 1 spiro atoms. The predicted molar refractivity (Wildman–Crippen MR) is 105 cm³/mol. The first-order valence-electron chi connectivity index (χ1n) is 8.84. The number of likely N-dealkylation sites (N-methyl/N-ethyl adjacent to an activating group) is 1. The minimum absolute atomic E-state index is 0.0213. The molecule has 0 aromatic heterocycles. The lowest BCUT2D eigenvalue weighted by molar-refractivity contribution is -0.384. The van der Waals surface area contributed by atoms with E-state index in [2.05, 4.69) is 13.8 Å². The molecule has 2 heterocycles. The fraction of sp³-hybridized carbons (Fsp3) is 0.286. The van der Waals surface area contributed by atoms with Crippen LogP contribution < -0.4 is 9.64 Å². The Hall–Kier alpha value is -3.35. The average Bonchev–Trinajstić information content (AvgIpc) is 2.85. The smallest absolute Gasteiger partial charge is 0.337 e. The minimum atomic E-state index is -0.826. The maximum absolute atomic E-state index is 12.0. The average molecular weight is 380 g/mol. The molecule has 0 unspecified atom stereocenters. The zero-order chi connectivity index (χ0) is 20.3. The Kier molecular flexibility index (Phi) is 3.75. The van der Waals surface area contributed by atoms with Gasteiger partial charge in [-0.05, 0) is 55.8 Å². The molecule has 28 heavy (non-hydrogen) atoms. The summed E-state index contributed by atoms with van der Waals surface area (Å²) in [5.41, 5.74) is 1.75. The van der Waals surface area contributed by atoms with Gasteiger partial charge in [0.1, 0.15) is 5.75 Å². The van der Waals surface area contributed by atoms with Crippen molar-refractivity contribution in [3.8, 4) is 5.75 Å². The van der Waals surface area contributed by atoms with E-state index in [1.165, 1.54) is 19.2 Å². The molecule has 2 aromatic carbocycles. The Bertz CT molecular complexity index is 1040. The number of nitrogens with zero attached hydrogens (tertiary/aromatic N) is 2. The molecule has 1 atom stereocenters. The van der Waals surface area contributed by atoms with E-state index >= 15 is 0 Å². The number of carbonyl (C=O) groups excluding carboxylic acids is 1. The van der Waals surface area contributed by atoms with Gasteiger partial charge in [0.25, 0.3) is 5.69 Å². The number of anilines is 1. The molecule has 0 saturated carbocycles. The minimum Gasteiger partial charge on any atom is -0.465 e. The molecular formula is C21H20N2O5. The molecule has 2 aliphatic rings. The van der Waals surface area contributed by atoms with E-state index < -0.39 is 16.1 Å². The Morgan fingerprint density at radius 3 is 2.64 bits per heavy atom. The molecule has 0 amide bonds. The van der Waals surface area contributed by atoms with Gasteiger partial charge in [0.2, 0.25) is 5.72 Å². The summed E-state index contributed by atoms with van der Waals surface area (Å²) in [6, 6.07) is 10.0. The van der Waals surface area contributed by atoms with Gasteiger partial charge >= 0.3 is 5.97 Å². The monoisotopic (exact) mass is 380 g/mol. The van der Waals surface area contributed by atoms with Gasteiger partial charge in [-0.1, -0.05) is 0 Å². The number of nitro benzene ring substituents is 1. The molecule has 144 valence electrons. The number of methoxy groups -OCH3 is 1. The Morgan fingerprint density at radius 2 is 1.96 bits per heavy atom. The van der Waals surface area contributed by atoms with E-state index in [0.717, 1.165) is 11.3 Å². The van der Waals surface area contributed by atoms with E-state index in [1.54, 1.807) is 12.1 Å². The number of carbonyl (C=O) groups is 1. The number of benzene rings is 2. The lowest BCUT2D eigenvalue weighted by atomic mass is 9.76. The van der Waals surface area contributed by atoms with Crippen molar-refractivity contribution in [1.29, 1.82) is 0 Å². The number of nitro groups is 1. The van der Waals surface area contributed by atoms with Crippen LogP contribution in [0.2, 0.25) is 0 Å². The molecule has 0 saturated heterocycles. The van der Waals surface area contributed by atoms with E-state index in [-0.39, 0.29) is 11.7 Å². The summed E-state index contributed by atoms with van der Waals surface area (Å²) in [6.07, 6.45) is 3.79. The predicted octanol–water partition coefficient (Wildman–Crippen LogP) is 3.91. The zero-order valence-electron chi connectivity index (χ0n) is 16.1. The first-order valence-corrected chi connectivity index (χ1v) is 8.84. The van der Waals surface area contributed by atoms with Crippen molar-refractivity contribution >= 4 is 23.4 Å². The van der Waals surface area contributed by atoms with Crippen molar-refractivity contribution in [2.75, 3.05) is 19.1 Å². The highest BCUT2D eigenvalue weighted by Crippen LogP contribution is 2.54. The van der Waals surface area contributed by atoms with Crippen LogP contribution in [0.5, 0.6) is 5.75 Å². The van der Waals surface area contributed by atoms with Crippen LogP contribution in [0.1, 0.15) is 35.3 Å². The molecule has 0 aliphatic carbocycles. The maximum atomic E-state index is 12.0. The van der Waals surface area contributed by atoms with E-state index in [0.29, 0.717) is 16.9 Å². The van der Waals surface area contributed by atoms with Gasteiger partial charge in [-0.15, -0.1) is 0 Å². The fourth-order valence-electron chi connectivity index (χ4n) is 4.16. The van der Waals surface area contributed by atoms with Crippen LogP contribution in [0.3, 0.4) is 0 Å². The number of hydrogen-bond donors (Lipinski definition) is 0. The lowest BCUT2D eigenvalue weighted by Gasteiger charge is -2.45. The van der Waals surface area contributed by atoms with Crippen molar-refractivity contribution in [2.24, 2.45) is 0 Å². The molecule has 7 heteroatoms. The van der Waals surface area contributed by atoms with Crippen molar-refractivity contribution in [3.63, 3.8) is 0 Å². The number of rotatable bonds is 2. The number of non-ortho nitro benzene ring substituents is 1. The van der Waals surface area contributed by atoms with Crippen LogP contribution in [-0.2, 0) is 10.2 Å². The molecule has 2 aromatic rings. The van der Waals surface area contributed by atoms with Gasteiger partial charge in [-0.3, -0.25) is 10.1 Å². The van der Waals surface area contributed by atoms with Crippen LogP contribution in [0.4, 0.5) is 11.4 Å².